The molecule has 0 N–H and O–H groups in total. The lowest BCUT2D eigenvalue weighted by atomic mass is 10.0. The standard InChI is InChI=1S/C24H32N2O6S/c1-29-12-5-10-25(24(28)17-30-2)15-23(27)26-11-8-22-20(9-13-33-22)21(26)16-32-19-7-4-6-18(14-19)31-3/h4,6-7,9,13-14,21H,5,8,10-12,15-17H2,1-3H3/t21-/m0/s1. The number of nitrogens with zero attached hydrogens (tertiary/aromatic N) is 2. The van der Waals surface area contributed by atoms with Gasteiger partial charge in [-0.2, -0.15) is 0 Å². The third-order valence-corrected chi connectivity index (χ3v) is 6.58. The number of carbonyl (C=O) groups is 2. The molecular weight excluding hydrogens is 444 g/mol. The van der Waals surface area contributed by atoms with Crippen molar-refractivity contribution in [3.05, 3.63) is 46.2 Å². The molecule has 2 aromatic rings. The molecule has 3 rings (SSSR count). The largest absolute Gasteiger partial charge is 0.497 e. The molecule has 180 valence electrons. The fourth-order valence-electron chi connectivity index (χ4n) is 3.90. The van der Waals surface area contributed by atoms with Crippen molar-refractivity contribution < 1.29 is 28.5 Å². The Kier molecular flexibility index (Phi) is 9.53. The first-order chi connectivity index (χ1) is 16.1. The zero-order chi connectivity index (χ0) is 23.6. The smallest absolute Gasteiger partial charge is 0.249 e. The molecule has 0 spiro atoms. The number of rotatable bonds is 12. The van der Waals surface area contributed by atoms with Gasteiger partial charge in [-0.1, -0.05) is 6.07 Å². The number of fused-ring (bicyclic) bond motifs is 1. The third kappa shape index (κ3) is 6.69. The highest BCUT2D eigenvalue weighted by atomic mass is 32.1. The topological polar surface area (TPSA) is 77.5 Å². The summed E-state index contributed by atoms with van der Waals surface area (Å²) in [4.78, 5) is 30.6. The summed E-state index contributed by atoms with van der Waals surface area (Å²) in [5, 5.41) is 2.05. The molecule has 1 aliphatic heterocycles. The van der Waals surface area contributed by atoms with Gasteiger partial charge >= 0.3 is 0 Å². The normalized spacial score (nSPS) is 15.1. The Bertz CT molecular complexity index is 918. The van der Waals surface area contributed by atoms with Crippen molar-refractivity contribution in [2.45, 2.75) is 18.9 Å². The molecule has 0 saturated heterocycles. The minimum atomic E-state index is -0.225. The van der Waals surface area contributed by atoms with E-state index in [-0.39, 0.29) is 31.0 Å². The van der Waals surface area contributed by atoms with E-state index in [1.807, 2.05) is 29.2 Å². The molecule has 0 fully saturated rings. The monoisotopic (exact) mass is 476 g/mol. The molecule has 0 bridgehead atoms. The third-order valence-electron chi connectivity index (χ3n) is 5.59. The van der Waals surface area contributed by atoms with Crippen LogP contribution in [0.25, 0.3) is 0 Å². The quantitative estimate of drug-likeness (QED) is 0.439. The summed E-state index contributed by atoms with van der Waals surface area (Å²) in [6, 6.07) is 9.25. The number of carbonyl (C=O) groups excluding carboxylic acids is 2. The number of thiophene rings is 1. The lowest BCUT2D eigenvalue weighted by Crippen LogP contribution is -2.48. The Morgan fingerprint density at radius 3 is 2.73 bits per heavy atom. The van der Waals surface area contributed by atoms with Gasteiger partial charge in [0, 0.05) is 44.9 Å². The Morgan fingerprint density at radius 2 is 1.97 bits per heavy atom. The molecule has 1 atom stereocenters. The molecule has 2 amide bonds. The Hall–Kier alpha value is -2.62. The van der Waals surface area contributed by atoms with E-state index >= 15 is 0 Å². The minimum Gasteiger partial charge on any atom is -0.497 e. The van der Waals surface area contributed by atoms with Crippen LogP contribution >= 0.6 is 11.3 Å². The van der Waals surface area contributed by atoms with Crippen molar-refractivity contribution in [3.63, 3.8) is 0 Å². The summed E-state index contributed by atoms with van der Waals surface area (Å²) in [5.74, 6) is 1.08. The highest BCUT2D eigenvalue weighted by Crippen LogP contribution is 2.34. The summed E-state index contributed by atoms with van der Waals surface area (Å²) in [7, 11) is 4.70. The van der Waals surface area contributed by atoms with Crippen molar-refractivity contribution in [3.8, 4) is 11.5 Å². The van der Waals surface area contributed by atoms with E-state index in [4.69, 9.17) is 18.9 Å². The number of ether oxygens (including phenoxy) is 4. The molecule has 0 unspecified atom stereocenters. The SMILES string of the molecule is COCCCN(CC(=O)N1CCc2sccc2[C@@H]1COc1cccc(OC)c1)C(=O)COC. The second-order valence-electron chi connectivity index (χ2n) is 7.74. The average molecular weight is 477 g/mol. The van der Waals surface area contributed by atoms with E-state index in [1.54, 1.807) is 30.5 Å². The fourth-order valence-corrected chi connectivity index (χ4v) is 4.83. The van der Waals surface area contributed by atoms with E-state index in [0.29, 0.717) is 44.2 Å². The van der Waals surface area contributed by atoms with Crippen molar-refractivity contribution >= 4 is 23.2 Å². The first-order valence-electron chi connectivity index (χ1n) is 11.0. The van der Waals surface area contributed by atoms with Crippen LogP contribution in [-0.4, -0.2) is 82.4 Å². The van der Waals surface area contributed by atoms with Crippen LogP contribution in [0.5, 0.6) is 11.5 Å². The molecule has 8 nitrogen and oxygen atoms in total. The number of amides is 2. The summed E-state index contributed by atoms with van der Waals surface area (Å²) in [6.45, 7) is 1.80. The van der Waals surface area contributed by atoms with E-state index in [9.17, 15) is 9.59 Å². The van der Waals surface area contributed by atoms with Gasteiger partial charge in [0.2, 0.25) is 11.8 Å². The molecule has 0 saturated carbocycles. The summed E-state index contributed by atoms with van der Waals surface area (Å²) >= 11 is 1.70. The van der Waals surface area contributed by atoms with Crippen molar-refractivity contribution in [1.29, 1.82) is 0 Å². The van der Waals surface area contributed by atoms with Crippen LogP contribution in [0, 0.1) is 0 Å². The first-order valence-corrected chi connectivity index (χ1v) is 11.8. The summed E-state index contributed by atoms with van der Waals surface area (Å²) in [6.07, 6.45) is 1.44. The number of methoxy groups -OCH3 is 3. The van der Waals surface area contributed by atoms with Gasteiger partial charge < -0.3 is 28.7 Å². The number of benzene rings is 1. The van der Waals surface area contributed by atoms with Gasteiger partial charge in [0.05, 0.1) is 19.7 Å². The van der Waals surface area contributed by atoms with Gasteiger partial charge in [-0.15, -0.1) is 11.3 Å². The van der Waals surface area contributed by atoms with Crippen LogP contribution in [0.2, 0.25) is 0 Å². The van der Waals surface area contributed by atoms with Crippen molar-refractivity contribution in [1.82, 2.24) is 9.80 Å². The number of hydrogen-bond donors (Lipinski definition) is 0. The van der Waals surface area contributed by atoms with Gasteiger partial charge in [0.1, 0.15) is 24.7 Å². The fraction of sp³-hybridized carbons (Fsp3) is 0.500. The summed E-state index contributed by atoms with van der Waals surface area (Å²) < 4.78 is 21.5. The molecule has 2 heterocycles. The molecule has 1 aromatic carbocycles. The zero-order valence-electron chi connectivity index (χ0n) is 19.5. The molecule has 0 radical (unpaired) electrons. The van der Waals surface area contributed by atoms with Crippen LogP contribution in [0.15, 0.2) is 35.7 Å². The predicted molar refractivity (Wildman–Crippen MR) is 126 cm³/mol. The molecular formula is C24H32N2O6S. The van der Waals surface area contributed by atoms with Gasteiger partial charge in [-0.05, 0) is 42.0 Å². The predicted octanol–water partition coefficient (Wildman–Crippen LogP) is 2.77. The molecule has 1 aliphatic rings. The lowest BCUT2D eigenvalue weighted by molar-refractivity contribution is -0.144. The molecule has 1 aromatic heterocycles. The average Bonchev–Trinajstić information content (AvgIpc) is 3.31. The zero-order valence-corrected chi connectivity index (χ0v) is 20.3. The van der Waals surface area contributed by atoms with Crippen LogP contribution in [0.1, 0.15) is 22.9 Å². The Morgan fingerprint density at radius 1 is 1.15 bits per heavy atom. The van der Waals surface area contributed by atoms with Crippen LogP contribution in [0.3, 0.4) is 0 Å². The van der Waals surface area contributed by atoms with Crippen molar-refractivity contribution in [2.75, 3.05) is 60.8 Å². The van der Waals surface area contributed by atoms with Gasteiger partial charge in [-0.25, -0.2) is 0 Å². The Balaban J connectivity index is 1.73. The van der Waals surface area contributed by atoms with Crippen LogP contribution in [-0.2, 0) is 25.5 Å². The van der Waals surface area contributed by atoms with E-state index in [0.717, 1.165) is 12.0 Å². The molecule has 0 aliphatic carbocycles. The highest BCUT2D eigenvalue weighted by Gasteiger charge is 2.33. The van der Waals surface area contributed by atoms with Crippen LogP contribution < -0.4 is 9.47 Å². The second-order valence-corrected chi connectivity index (χ2v) is 8.74. The molecule has 33 heavy (non-hydrogen) atoms. The summed E-state index contributed by atoms with van der Waals surface area (Å²) in [5.41, 5.74) is 1.11. The van der Waals surface area contributed by atoms with E-state index in [1.165, 1.54) is 12.0 Å². The molecule has 9 heteroatoms. The highest BCUT2D eigenvalue weighted by molar-refractivity contribution is 7.10. The van der Waals surface area contributed by atoms with Crippen molar-refractivity contribution in [2.24, 2.45) is 0 Å². The second kappa shape index (κ2) is 12.6. The van der Waals surface area contributed by atoms with Gasteiger partial charge in [0.25, 0.3) is 0 Å². The van der Waals surface area contributed by atoms with Gasteiger partial charge in [-0.3, -0.25) is 9.59 Å². The number of hydrogen-bond acceptors (Lipinski definition) is 7. The van der Waals surface area contributed by atoms with Gasteiger partial charge in [0.15, 0.2) is 0 Å². The maximum atomic E-state index is 13.4. The minimum absolute atomic E-state index is 0.00103. The van der Waals surface area contributed by atoms with E-state index in [2.05, 4.69) is 11.4 Å². The maximum Gasteiger partial charge on any atom is 0.249 e. The van der Waals surface area contributed by atoms with Crippen LogP contribution in [0.4, 0.5) is 0 Å². The maximum absolute atomic E-state index is 13.4. The lowest BCUT2D eigenvalue weighted by Gasteiger charge is -2.37. The first kappa shape index (κ1) is 25.0. The Labute approximate surface area is 199 Å². The van der Waals surface area contributed by atoms with E-state index < -0.39 is 0 Å².